The van der Waals surface area contributed by atoms with Crippen LogP contribution in [0.4, 0.5) is 11.6 Å². The van der Waals surface area contributed by atoms with Gasteiger partial charge < -0.3 is 10.7 Å². The van der Waals surface area contributed by atoms with Crippen LogP contribution in [-0.4, -0.2) is 31.5 Å². The van der Waals surface area contributed by atoms with Crippen molar-refractivity contribution in [1.29, 1.82) is 0 Å². The number of rotatable bonds is 8. The van der Waals surface area contributed by atoms with Crippen molar-refractivity contribution >= 4 is 11.6 Å². The molecule has 0 saturated heterocycles. The van der Waals surface area contributed by atoms with E-state index in [1.54, 1.807) is 6.20 Å². The molecule has 0 radical (unpaired) electrons. The van der Waals surface area contributed by atoms with Gasteiger partial charge >= 0.3 is 0 Å². The number of anilines is 2. The summed E-state index contributed by atoms with van der Waals surface area (Å²) >= 11 is 0. The van der Waals surface area contributed by atoms with Gasteiger partial charge in [0.05, 0.1) is 6.20 Å². The summed E-state index contributed by atoms with van der Waals surface area (Å²) in [6.07, 6.45) is 6.30. The molecule has 8 nitrogen and oxygen atoms in total. The molecule has 0 amide bonds. The first-order chi connectivity index (χ1) is 10.2. The Morgan fingerprint density at radius 3 is 2.76 bits per heavy atom. The lowest BCUT2D eigenvalue weighted by atomic mass is 10.2. The van der Waals surface area contributed by atoms with E-state index < -0.39 is 0 Å². The van der Waals surface area contributed by atoms with Gasteiger partial charge in [-0.15, -0.1) is 5.10 Å². The number of hydrogen-bond donors (Lipinski definition) is 3. The highest BCUT2D eigenvalue weighted by Gasteiger charge is 2.09. The highest BCUT2D eigenvalue weighted by molar-refractivity contribution is 5.56. The largest absolute Gasteiger partial charge is 0.370 e. The smallest absolute Gasteiger partial charge is 0.148 e. The highest BCUT2D eigenvalue weighted by Crippen LogP contribution is 2.19. The molecule has 0 bridgehead atoms. The van der Waals surface area contributed by atoms with Crippen LogP contribution in [0.3, 0.4) is 0 Å². The van der Waals surface area contributed by atoms with Crippen molar-refractivity contribution in [3.63, 3.8) is 0 Å². The molecular formula is C13H22N8. The molecule has 2 heterocycles. The maximum atomic E-state index is 5.52. The summed E-state index contributed by atoms with van der Waals surface area (Å²) in [5.41, 5.74) is 3.56. The van der Waals surface area contributed by atoms with Crippen LogP contribution in [0.25, 0.3) is 0 Å². The summed E-state index contributed by atoms with van der Waals surface area (Å²) in [6.45, 7) is 5.67. The molecule has 4 N–H and O–H groups in total. The zero-order valence-corrected chi connectivity index (χ0v) is 12.5. The topological polar surface area (TPSA) is 107 Å². The molecule has 2 rings (SSSR count). The van der Waals surface area contributed by atoms with Crippen LogP contribution in [0.15, 0.2) is 12.4 Å². The van der Waals surface area contributed by atoms with Crippen molar-refractivity contribution in [1.82, 2.24) is 25.0 Å². The van der Waals surface area contributed by atoms with Gasteiger partial charge in [-0.3, -0.25) is 4.68 Å². The Bertz CT molecular complexity index is 552. The predicted octanol–water partition coefficient (Wildman–Crippen LogP) is 1.12. The summed E-state index contributed by atoms with van der Waals surface area (Å²) < 4.78 is 1.81. The first-order valence-electron chi connectivity index (χ1n) is 7.16. The maximum Gasteiger partial charge on any atom is 0.148 e. The number of nitrogens with one attached hydrogen (secondary N) is 2. The molecular weight excluding hydrogens is 268 g/mol. The fourth-order valence-electron chi connectivity index (χ4n) is 2.01. The number of aromatic nitrogens is 5. The monoisotopic (exact) mass is 290 g/mol. The summed E-state index contributed by atoms with van der Waals surface area (Å²) in [4.78, 5) is 8.95. The standard InChI is InChI=1S/C13H22N8/c1-3-5-11-17-12(10(2)13(18-11)19-14)15-6-4-8-21-9-7-16-20-21/h7,9H,3-6,8,14H2,1-2H3,(H2,15,17,18,19). The molecule has 8 heteroatoms. The molecule has 0 aliphatic rings. The van der Waals surface area contributed by atoms with Gasteiger partial charge in [-0.2, -0.15) is 0 Å². The van der Waals surface area contributed by atoms with Crippen LogP contribution in [0.2, 0.25) is 0 Å². The SMILES string of the molecule is CCCc1nc(NN)c(C)c(NCCCn2ccnn2)n1. The Hall–Kier alpha value is -2.22. The Balaban J connectivity index is 1.96. The van der Waals surface area contributed by atoms with Gasteiger partial charge in [-0.1, -0.05) is 12.1 Å². The number of nitrogens with two attached hydrogens (primary N) is 1. The van der Waals surface area contributed by atoms with Crippen molar-refractivity contribution < 1.29 is 0 Å². The number of hydrogen-bond acceptors (Lipinski definition) is 7. The van der Waals surface area contributed by atoms with Crippen LogP contribution in [0, 0.1) is 6.92 Å². The normalized spacial score (nSPS) is 10.6. The van der Waals surface area contributed by atoms with E-state index in [2.05, 4.69) is 37.9 Å². The van der Waals surface area contributed by atoms with E-state index in [1.807, 2.05) is 17.8 Å². The molecule has 0 atom stereocenters. The second kappa shape index (κ2) is 7.53. The quantitative estimate of drug-likeness (QED) is 0.380. The lowest BCUT2D eigenvalue weighted by Crippen LogP contribution is -2.16. The van der Waals surface area contributed by atoms with Gasteiger partial charge in [0.2, 0.25) is 0 Å². The van der Waals surface area contributed by atoms with Crippen molar-refractivity contribution in [3.05, 3.63) is 23.8 Å². The van der Waals surface area contributed by atoms with E-state index in [4.69, 9.17) is 5.84 Å². The van der Waals surface area contributed by atoms with Gasteiger partial charge in [-0.05, 0) is 19.8 Å². The fourth-order valence-corrected chi connectivity index (χ4v) is 2.01. The van der Waals surface area contributed by atoms with Crippen molar-refractivity contribution in [3.8, 4) is 0 Å². The fraction of sp³-hybridized carbons (Fsp3) is 0.538. The highest BCUT2D eigenvalue weighted by atomic mass is 15.4. The second-order valence-corrected chi connectivity index (χ2v) is 4.80. The van der Waals surface area contributed by atoms with Crippen LogP contribution >= 0.6 is 0 Å². The van der Waals surface area contributed by atoms with Crippen molar-refractivity contribution in [2.24, 2.45) is 5.84 Å². The Morgan fingerprint density at radius 2 is 2.10 bits per heavy atom. The Labute approximate surface area is 124 Å². The summed E-state index contributed by atoms with van der Waals surface area (Å²) in [5.74, 6) is 7.82. The number of aryl methyl sites for hydroxylation is 2. The molecule has 21 heavy (non-hydrogen) atoms. The second-order valence-electron chi connectivity index (χ2n) is 4.80. The van der Waals surface area contributed by atoms with Crippen molar-refractivity contribution in [2.45, 2.75) is 39.7 Å². The molecule has 114 valence electrons. The lowest BCUT2D eigenvalue weighted by Gasteiger charge is -2.13. The summed E-state index contributed by atoms with van der Waals surface area (Å²) in [5, 5.41) is 11.0. The van der Waals surface area contributed by atoms with E-state index in [-0.39, 0.29) is 0 Å². The Morgan fingerprint density at radius 1 is 1.29 bits per heavy atom. The lowest BCUT2D eigenvalue weighted by molar-refractivity contribution is 0.569. The van der Waals surface area contributed by atoms with Crippen LogP contribution < -0.4 is 16.6 Å². The molecule has 0 spiro atoms. The molecule has 0 aromatic carbocycles. The van der Waals surface area contributed by atoms with E-state index >= 15 is 0 Å². The zero-order chi connectivity index (χ0) is 15.1. The Kier molecular flexibility index (Phi) is 5.44. The van der Waals surface area contributed by atoms with Crippen molar-refractivity contribution in [2.75, 3.05) is 17.3 Å². The molecule has 0 unspecified atom stereocenters. The van der Waals surface area contributed by atoms with Gasteiger partial charge in [-0.25, -0.2) is 15.8 Å². The minimum absolute atomic E-state index is 0.673. The third kappa shape index (κ3) is 4.12. The summed E-state index contributed by atoms with van der Waals surface area (Å²) in [6, 6.07) is 0. The van der Waals surface area contributed by atoms with Gasteiger partial charge in [0.1, 0.15) is 17.5 Å². The molecule has 0 fully saturated rings. The molecule has 0 aliphatic heterocycles. The molecule has 2 aromatic heterocycles. The average molecular weight is 290 g/mol. The van der Waals surface area contributed by atoms with E-state index in [0.29, 0.717) is 5.82 Å². The first-order valence-corrected chi connectivity index (χ1v) is 7.16. The maximum absolute atomic E-state index is 5.52. The third-order valence-electron chi connectivity index (χ3n) is 3.13. The minimum Gasteiger partial charge on any atom is -0.370 e. The molecule has 2 aromatic rings. The van der Waals surface area contributed by atoms with E-state index in [1.165, 1.54) is 0 Å². The van der Waals surface area contributed by atoms with Gasteiger partial charge in [0, 0.05) is 31.3 Å². The number of nitrogens with zero attached hydrogens (tertiary/aromatic N) is 5. The zero-order valence-electron chi connectivity index (χ0n) is 12.5. The molecule has 0 aliphatic carbocycles. The van der Waals surface area contributed by atoms with Gasteiger partial charge in [0.15, 0.2) is 0 Å². The number of nitrogen functional groups attached to an aromatic ring is 1. The van der Waals surface area contributed by atoms with Crippen LogP contribution in [-0.2, 0) is 13.0 Å². The average Bonchev–Trinajstić information content (AvgIpc) is 2.99. The number of hydrazine groups is 1. The minimum atomic E-state index is 0.673. The third-order valence-corrected chi connectivity index (χ3v) is 3.13. The van der Waals surface area contributed by atoms with Crippen LogP contribution in [0.1, 0.15) is 31.2 Å². The van der Waals surface area contributed by atoms with E-state index in [0.717, 1.165) is 49.6 Å². The van der Waals surface area contributed by atoms with E-state index in [9.17, 15) is 0 Å². The van der Waals surface area contributed by atoms with Gasteiger partial charge in [0.25, 0.3) is 0 Å². The first kappa shape index (κ1) is 15.2. The molecule has 0 saturated carbocycles. The predicted molar refractivity (Wildman–Crippen MR) is 81.7 cm³/mol. The summed E-state index contributed by atoms with van der Waals surface area (Å²) in [7, 11) is 0. The van der Waals surface area contributed by atoms with Crippen LogP contribution in [0.5, 0.6) is 0 Å².